The summed E-state index contributed by atoms with van der Waals surface area (Å²) < 4.78 is 66.3. The molecule has 3 aliphatic carbocycles. The highest BCUT2D eigenvalue weighted by Crippen LogP contribution is 2.46. The zero-order valence-electron chi connectivity index (χ0n) is 36.6. The third kappa shape index (κ3) is 9.04. The molecule has 5 atom stereocenters. The molecule has 4 aliphatic rings. The normalized spacial score (nSPS) is 22.5. The summed E-state index contributed by atoms with van der Waals surface area (Å²) in [4.78, 5) is 71.5. The summed E-state index contributed by atoms with van der Waals surface area (Å²) in [6.07, 6.45) is 5.60. The molecule has 66 heavy (non-hydrogen) atoms. The lowest BCUT2D eigenvalue weighted by Crippen LogP contribution is -2.58. The van der Waals surface area contributed by atoms with Crippen molar-refractivity contribution in [2.45, 2.75) is 107 Å². The summed E-state index contributed by atoms with van der Waals surface area (Å²) in [6, 6.07) is 9.08. The van der Waals surface area contributed by atoms with Crippen molar-refractivity contribution < 1.29 is 50.6 Å². The second-order valence-corrected chi connectivity index (χ2v) is 20.5. The first-order valence-electron chi connectivity index (χ1n) is 22.1. The van der Waals surface area contributed by atoms with Gasteiger partial charge in [0.05, 0.1) is 25.0 Å². The predicted octanol–water partition coefficient (Wildman–Crippen LogP) is 6.29. The maximum absolute atomic E-state index is 15.2. The average Bonchev–Trinajstić information content (AvgIpc) is 4.14. The Hall–Kier alpha value is -6.15. The van der Waals surface area contributed by atoms with Crippen molar-refractivity contribution in [3.05, 3.63) is 72.0 Å². The molecule has 20 heteroatoms. The molecule has 1 saturated heterocycles. The lowest BCUT2D eigenvalue weighted by molar-refractivity contribution is -0.141. The number of benzene rings is 2. The summed E-state index contributed by atoms with van der Waals surface area (Å²) in [5, 5.41) is 7.67. The number of rotatable bonds is 16. The van der Waals surface area contributed by atoms with E-state index in [0.717, 1.165) is 30.6 Å². The first-order valence-corrected chi connectivity index (χ1v) is 24.5. The van der Waals surface area contributed by atoms with Crippen molar-refractivity contribution in [3.8, 4) is 23.0 Å². The minimum absolute atomic E-state index is 0.0114. The van der Waals surface area contributed by atoms with Crippen LogP contribution in [0.5, 0.6) is 11.6 Å². The number of nitrogens with one attached hydrogen (secondary N) is 3. The monoisotopic (exact) mass is 943 g/mol. The molecule has 2 aromatic carbocycles. The number of halogens is 1. The van der Waals surface area contributed by atoms with Crippen molar-refractivity contribution in [3.63, 3.8) is 0 Å². The molecule has 0 spiro atoms. The van der Waals surface area contributed by atoms with E-state index in [1.54, 1.807) is 24.3 Å². The van der Waals surface area contributed by atoms with Gasteiger partial charge in [-0.05, 0) is 94.3 Å². The molecule has 0 radical (unpaired) electrons. The van der Waals surface area contributed by atoms with Gasteiger partial charge in [0.2, 0.25) is 27.4 Å². The van der Waals surface area contributed by atoms with Gasteiger partial charge in [0.25, 0.3) is 11.8 Å². The van der Waals surface area contributed by atoms with E-state index >= 15 is 4.79 Å². The quantitative estimate of drug-likeness (QED) is 0.0731. The summed E-state index contributed by atoms with van der Waals surface area (Å²) in [6.45, 7) is 7.53. The Labute approximate surface area is 383 Å². The number of sulfonamides is 1. The van der Waals surface area contributed by atoms with Gasteiger partial charge in [0.15, 0.2) is 16.6 Å². The van der Waals surface area contributed by atoms with Crippen LogP contribution in [-0.4, -0.2) is 101 Å². The van der Waals surface area contributed by atoms with Crippen molar-refractivity contribution in [1.29, 1.82) is 0 Å². The van der Waals surface area contributed by atoms with Crippen molar-refractivity contribution in [1.82, 2.24) is 29.9 Å². The van der Waals surface area contributed by atoms with Crippen LogP contribution in [-0.2, 0) is 29.1 Å². The van der Waals surface area contributed by atoms with E-state index in [1.165, 1.54) is 41.7 Å². The number of amides is 3. The smallest absolute Gasteiger partial charge is 0.357 e. The van der Waals surface area contributed by atoms with E-state index in [4.69, 9.17) is 28.6 Å². The third-order valence-electron chi connectivity index (χ3n) is 12.7. The highest BCUT2D eigenvalue weighted by molar-refractivity contribution is 7.91. The molecule has 4 fully saturated rings. The number of esters is 1. The number of carbonyl (C=O) groups excluding carboxylic acids is 4. The first kappa shape index (κ1) is 45.0. The highest BCUT2D eigenvalue weighted by atomic mass is 32.2. The fourth-order valence-electron chi connectivity index (χ4n) is 9.01. The van der Waals surface area contributed by atoms with Gasteiger partial charge in [-0.1, -0.05) is 25.3 Å². The van der Waals surface area contributed by atoms with Crippen LogP contribution in [0.25, 0.3) is 33.5 Å². The topological polar surface area (TPSA) is 221 Å². The van der Waals surface area contributed by atoms with E-state index in [9.17, 15) is 27.2 Å². The molecule has 9 rings (SSSR count). The van der Waals surface area contributed by atoms with Crippen LogP contribution in [0.1, 0.15) is 82.1 Å². The number of ether oxygens (including phenoxy) is 3. The van der Waals surface area contributed by atoms with E-state index in [-0.39, 0.29) is 59.9 Å². The average molecular weight is 944 g/mol. The number of aromatic nitrogens is 3. The third-order valence-corrected chi connectivity index (χ3v) is 15.3. The predicted molar refractivity (Wildman–Crippen MR) is 242 cm³/mol. The molecule has 17 nitrogen and oxygen atoms in total. The Bertz CT molecular complexity index is 2820. The minimum Gasteiger partial charge on any atom is -0.491 e. The largest absolute Gasteiger partial charge is 0.491 e. The Kier molecular flexibility index (Phi) is 12.2. The van der Waals surface area contributed by atoms with Gasteiger partial charge in [-0.3, -0.25) is 19.1 Å². The maximum atomic E-state index is 15.2. The zero-order valence-corrected chi connectivity index (χ0v) is 38.2. The molecule has 3 saturated carbocycles. The second-order valence-electron chi connectivity index (χ2n) is 17.7. The van der Waals surface area contributed by atoms with Crippen molar-refractivity contribution >= 4 is 72.3 Å². The standard InChI is InChI=1S/C46H50FN7O10S2/c1-5-27-21-46(27,44(58)53-66(59,60)31-16-17-31)52-40(55)34-20-30(22-54(34)42(56)36(25-9-7-6-8-10-25)50-45-48-33(23-65-45)43(57)61-4)63-41-38-37(32-19-28(47)13-18-35(32)64-38)49-39(51-41)26-11-14-29(15-12-26)62-24(2)3/h5,11-15,18-19,23-25,27,30-31,34,36H,1,6-10,16-17,20-22H2,2-4H3,(H,48,50)(H,52,55)(H,53,58)/t27-,30-,34+,36+,46-/m1/s1. The van der Waals surface area contributed by atoms with E-state index in [2.05, 4.69) is 26.9 Å². The van der Waals surface area contributed by atoms with Crippen LogP contribution in [0.3, 0.4) is 0 Å². The number of carbonyl (C=O) groups is 4. The fourth-order valence-corrected chi connectivity index (χ4v) is 11.1. The van der Waals surface area contributed by atoms with Crippen molar-refractivity contribution in [2.75, 3.05) is 19.0 Å². The summed E-state index contributed by atoms with van der Waals surface area (Å²) >= 11 is 1.14. The molecule has 4 heterocycles. The minimum atomic E-state index is -3.96. The zero-order chi connectivity index (χ0) is 46.5. The number of furan rings is 1. The Morgan fingerprint density at radius 1 is 1.03 bits per heavy atom. The van der Waals surface area contributed by atoms with Crippen LogP contribution >= 0.6 is 11.3 Å². The number of hydrogen-bond acceptors (Lipinski definition) is 15. The number of thiazole rings is 1. The van der Waals surface area contributed by atoms with Gasteiger partial charge in [0, 0.05) is 28.7 Å². The summed E-state index contributed by atoms with van der Waals surface area (Å²) in [7, 11) is -2.71. The van der Waals surface area contributed by atoms with Gasteiger partial charge < -0.3 is 34.2 Å². The number of likely N-dealkylation sites (tertiary alicyclic amines) is 1. The van der Waals surface area contributed by atoms with Gasteiger partial charge >= 0.3 is 5.97 Å². The molecule has 3 amide bonds. The Morgan fingerprint density at radius 3 is 2.47 bits per heavy atom. The molecule has 1 aliphatic heterocycles. The van der Waals surface area contributed by atoms with Gasteiger partial charge in [-0.15, -0.1) is 17.9 Å². The molecule has 0 unspecified atom stereocenters. The van der Waals surface area contributed by atoms with Gasteiger partial charge in [-0.25, -0.2) is 27.6 Å². The van der Waals surface area contributed by atoms with E-state index in [1.807, 2.05) is 13.8 Å². The van der Waals surface area contributed by atoms with Crippen LogP contribution in [0.4, 0.5) is 9.52 Å². The molecule has 348 valence electrons. The molecule has 5 aromatic rings. The first-order chi connectivity index (χ1) is 31.7. The number of nitrogens with zero attached hydrogens (tertiary/aromatic N) is 4. The van der Waals surface area contributed by atoms with Crippen LogP contribution in [0.2, 0.25) is 0 Å². The lowest BCUT2D eigenvalue weighted by atomic mass is 9.83. The number of anilines is 1. The highest BCUT2D eigenvalue weighted by Gasteiger charge is 2.62. The van der Waals surface area contributed by atoms with Gasteiger partial charge in [0.1, 0.15) is 46.4 Å². The Morgan fingerprint density at radius 2 is 1.79 bits per heavy atom. The fraction of sp³-hybridized carbons (Fsp3) is 0.457. The van der Waals surface area contributed by atoms with Crippen LogP contribution in [0.15, 0.2) is 64.9 Å². The molecule has 3 aromatic heterocycles. The Balaban J connectivity index is 1.07. The summed E-state index contributed by atoms with van der Waals surface area (Å²) in [5.74, 6) is -3.03. The second kappa shape index (κ2) is 17.9. The number of fused-ring (bicyclic) bond motifs is 3. The molecule has 3 N–H and O–H groups in total. The SMILES string of the molecule is C=C[C@@H]1C[C@]1(NC(=O)[C@@H]1C[C@@H](Oc2nc(-c3ccc(OC(C)C)cc3)nc3c2oc2ccc(F)cc23)CN1C(=O)[C@@H](Nc1nc(C(=O)OC)cs1)C1CCCCC1)C(=O)NS(=O)(=O)C1CC1. The lowest BCUT2D eigenvalue weighted by Gasteiger charge is -2.34. The van der Waals surface area contributed by atoms with Crippen molar-refractivity contribution in [2.24, 2.45) is 11.8 Å². The number of hydrogen-bond donors (Lipinski definition) is 3. The van der Waals surface area contributed by atoms with E-state index in [0.29, 0.717) is 53.1 Å². The van der Waals surface area contributed by atoms with E-state index < -0.39 is 74.4 Å². The molecular formula is C46H50FN7O10S2. The molecular weight excluding hydrogens is 894 g/mol. The van der Waals surface area contributed by atoms with Gasteiger partial charge in [-0.2, -0.15) is 4.98 Å². The summed E-state index contributed by atoms with van der Waals surface area (Å²) in [5.41, 5.74) is -0.220. The van der Waals surface area contributed by atoms with Crippen LogP contribution < -0.4 is 24.8 Å². The number of methoxy groups -OCH3 is 1. The molecule has 0 bridgehead atoms. The van der Waals surface area contributed by atoms with Crippen LogP contribution in [0, 0.1) is 17.7 Å². The maximum Gasteiger partial charge on any atom is 0.357 e.